The van der Waals surface area contributed by atoms with Crippen LogP contribution in [0.2, 0.25) is 5.02 Å². The highest BCUT2D eigenvalue weighted by Crippen LogP contribution is 2.28. The molecule has 28 heavy (non-hydrogen) atoms. The number of nitrogens with zero attached hydrogens (tertiary/aromatic N) is 1. The molecule has 0 aliphatic rings. The molecular weight excluding hydrogens is 398 g/mol. The first-order valence-electron chi connectivity index (χ1n) is 8.57. The second-order valence-electron chi connectivity index (χ2n) is 6.11. The third-order valence-corrected chi connectivity index (χ3v) is 6.35. The number of hydrogen-bond acceptors (Lipinski definition) is 4. The van der Waals surface area contributed by atoms with Gasteiger partial charge in [-0.15, -0.1) is 0 Å². The van der Waals surface area contributed by atoms with Crippen molar-refractivity contribution >= 4 is 27.3 Å². The van der Waals surface area contributed by atoms with E-state index in [1.807, 2.05) is 0 Å². The van der Waals surface area contributed by atoms with Crippen LogP contribution >= 0.6 is 11.6 Å². The van der Waals surface area contributed by atoms with Crippen LogP contribution in [0.5, 0.6) is 5.75 Å². The Morgan fingerprint density at radius 3 is 2.14 bits per heavy atom. The molecule has 1 atom stereocenters. The number of methoxy groups -OCH3 is 1. The summed E-state index contributed by atoms with van der Waals surface area (Å²) >= 11 is 5.90. The van der Waals surface area contributed by atoms with Crippen molar-refractivity contribution in [2.24, 2.45) is 0 Å². The van der Waals surface area contributed by atoms with Crippen LogP contribution < -0.4 is 9.04 Å². The van der Waals surface area contributed by atoms with Crippen molar-refractivity contribution in [1.29, 1.82) is 0 Å². The maximum Gasteiger partial charge on any atom is 0.264 e. The molecule has 0 aromatic heterocycles. The van der Waals surface area contributed by atoms with E-state index in [9.17, 15) is 13.5 Å². The van der Waals surface area contributed by atoms with Gasteiger partial charge in [-0.1, -0.05) is 41.9 Å². The lowest BCUT2D eigenvalue weighted by Gasteiger charge is -2.27. The highest BCUT2D eigenvalue weighted by Gasteiger charge is 2.27. The standard InChI is InChI=1S/C21H20ClNO4S/c1-27-19-13-11-18(12-14-19)23(28(25,26)20-5-3-2-4-6-20)15-21(24)16-7-9-17(22)10-8-16/h2-14,21,24H,15H2,1H3. The zero-order chi connectivity index (χ0) is 20.1. The molecule has 0 saturated carbocycles. The fourth-order valence-corrected chi connectivity index (χ4v) is 4.38. The largest absolute Gasteiger partial charge is 0.497 e. The molecule has 0 fully saturated rings. The zero-order valence-corrected chi connectivity index (χ0v) is 16.8. The summed E-state index contributed by atoms with van der Waals surface area (Å²) in [6, 6.07) is 21.4. The minimum atomic E-state index is -3.88. The number of sulfonamides is 1. The van der Waals surface area contributed by atoms with E-state index in [4.69, 9.17) is 16.3 Å². The fraction of sp³-hybridized carbons (Fsp3) is 0.143. The van der Waals surface area contributed by atoms with Crippen LogP contribution in [0.15, 0.2) is 83.8 Å². The summed E-state index contributed by atoms with van der Waals surface area (Å²) in [7, 11) is -2.34. The Balaban J connectivity index is 1.99. The molecular formula is C21H20ClNO4S. The summed E-state index contributed by atoms with van der Waals surface area (Å²) in [5.41, 5.74) is 1.00. The number of rotatable bonds is 7. The number of ether oxygens (including phenoxy) is 1. The van der Waals surface area contributed by atoms with Gasteiger partial charge in [-0.3, -0.25) is 4.31 Å². The molecule has 3 aromatic carbocycles. The van der Waals surface area contributed by atoms with Gasteiger partial charge in [0, 0.05) is 5.02 Å². The molecule has 146 valence electrons. The summed E-state index contributed by atoms with van der Waals surface area (Å²) in [5, 5.41) is 11.2. The molecule has 5 nitrogen and oxygen atoms in total. The van der Waals surface area contributed by atoms with Gasteiger partial charge in [0.15, 0.2) is 0 Å². The zero-order valence-electron chi connectivity index (χ0n) is 15.2. The van der Waals surface area contributed by atoms with E-state index < -0.39 is 16.1 Å². The molecule has 0 spiro atoms. The first-order chi connectivity index (χ1) is 13.4. The summed E-state index contributed by atoms with van der Waals surface area (Å²) in [6.45, 7) is -0.148. The van der Waals surface area contributed by atoms with Crippen molar-refractivity contribution in [3.05, 3.63) is 89.4 Å². The molecule has 7 heteroatoms. The predicted octanol–water partition coefficient (Wildman–Crippen LogP) is 4.28. The predicted molar refractivity (Wildman–Crippen MR) is 110 cm³/mol. The van der Waals surface area contributed by atoms with E-state index in [2.05, 4.69) is 0 Å². The normalized spacial score (nSPS) is 12.4. The summed E-state index contributed by atoms with van der Waals surface area (Å²) in [4.78, 5) is 0.147. The van der Waals surface area contributed by atoms with E-state index in [0.29, 0.717) is 22.0 Å². The number of hydrogen-bond donors (Lipinski definition) is 1. The van der Waals surface area contributed by atoms with Gasteiger partial charge < -0.3 is 9.84 Å². The minimum absolute atomic E-state index is 0.147. The van der Waals surface area contributed by atoms with Gasteiger partial charge in [-0.05, 0) is 54.1 Å². The summed E-state index contributed by atoms with van der Waals surface area (Å²) < 4.78 is 32.9. The van der Waals surface area contributed by atoms with Crippen molar-refractivity contribution < 1.29 is 18.3 Å². The quantitative estimate of drug-likeness (QED) is 0.623. The molecule has 0 amide bonds. The van der Waals surface area contributed by atoms with Crippen LogP contribution in [0.4, 0.5) is 5.69 Å². The van der Waals surface area contributed by atoms with Gasteiger partial charge in [0.1, 0.15) is 5.75 Å². The lowest BCUT2D eigenvalue weighted by Crippen LogP contribution is -2.35. The first kappa shape index (κ1) is 20.2. The van der Waals surface area contributed by atoms with Gasteiger partial charge in [-0.25, -0.2) is 8.42 Å². The Morgan fingerprint density at radius 2 is 1.57 bits per heavy atom. The molecule has 0 radical (unpaired) electrons. The van der Waals surface area contributed by atoms with E-state index in [1.54, 1.807) is 66.7 Å². The topological polar surface area (TPSA) is 66.8 Å². The SMILES string of the molecule is COc1ccc(N(CC(O)c2ccc(Cl)cc2)S(=O)(=O)c2ccccc2)cc1. The Hall–Kier alpha value is -2.54. The molecule has 3 rings (SSSR count). The van der Waals surface area contributed by atoms with Crippen LogP contribution in [-0.4, -0.2) is 27.2 Å². The maximum absolute atomic E-state index is 13.3. The fourth-order valence-electron chi connectivity index (χ4n) is 2.76. The summed E-state index contributed by atoms with van der Waals surface area (Å²) in [6.07, 6.45) is -1.03. The van der Waals surface area contributed by atoms with E-state index in [0.717, 1.165) is 0 Å². The third kappa shape index (κ3) is 4.47. The highest BCUT2D eigenvalue weighted by molar-refractivity contribution is 7.92. The van der Waals surface area contributed by atoms with Gasteiger partial charge in [0.2, 0.25) is 0 Å². The second kappa shape index (κ2) is 8.65. The average Bonchev–Trinajstić information content (AvgIpc) is 2.73. The number of benzene rings is 3. The van der Waals surface area contributed by atoms with Gasteiger partial charge >= 0.3 is 0 Å². The number of halogens is 1. The third-order valence-electron chi connectivity index (χ3n) is 4.29. The van der Waals surface area contributed by atoms with Gasteiger partial charge in [0.05, 0.1) is 30.3 Å². The highest BCUT2D eigenvalue weighted by atomic mass is 35.5. The van der Waals surface area contributed by atoms with Crippen LogP contribution in [0, 0.1) is 0 Å². The van der Waals surface area contributed by atoms with E-state index >= 15 is 0 Å². The molecule has 0 aliphatic carbocycles. The van der Waals surface area contributed by atoms with E-state index in [1.165, 1.54) is 23.5 Å². The van der Waals surface area contributed by atoms with Crippen molar-refractivity contribution in [3.63, 3.8) is 0 Å². The van der Waals surface area contributed by atoms with Crippen molar-refractivity contribution in [2.45, 2.75) is 11.0 Å². The molecule has 0 heterocycles. The van der Waals surface area contributed by atoms with Gasteiger partial charge in [0.25, 0.3) is 10.0 Å². The smallest absolute Gasteiger partial charge is 0.264 e. The minimum Gasteiger partial charge on any atom is -0.497 e. The number of aliphatic hydroxyl groups is 1. The number of aliphatic hydroxyl groups excluding tert-OH is 1. The van der Waals surface area contributed by atoms with Crippen LogP contribution in [0.1, 0.15) is 11.7 Å². The van der Waals surface area contributed by atoms with Crippen molar-refractivity contribution in [1.82, 2.24) is 0 Å². The van der Waals surface area contributed by atoms with Crippen molar-refractivity contribution in [2.75, 3.05) is 18.0 Å². The van der Waals surface area contributed by atoms with Crippen LogP contribution in [-0.2, 0) is 10.0 Å². The number of anilines is 1. The molecule has 1 N–H and O–H groups in total. The lowest BCUT2D eigenvalue weighted by molar-refractivity contribution is 0.187. The van der Waals surface area contributed by atoms with Crippen LogP contribution in [0.25, 0.3) is 0 Å². The first-order valence-corrected chi connectivity index (χ1v) is 10.4. The average molecular weight is 418 g/mol. The van der Waals surface area contributed by atoms with Crippen LogP contribution in [0.3, 0.4) is 0 Å². The molecule has 1 unspecified atom stereocenters. The Bertz CT molecular complexity index is 1010. The van der Waals surface area contributed by atoms with Crippen molar-refractivity contribution in [3.8, 4) is 5.75 Å². The Morgan fingerprint density at radius 1 is 0.964 bits per heavy atom. The maximum atomic E-state index is 13.3. The Kier molecular flexibility index (Phi) is 6.24. The Labute approximate surface area is 169 Å². The second-order valence-corrected chi connectivity index (χ2v) is 8.41. The van der Waals surface area contributed by atoms with Gasteiger partial charge in [-0.2, -0.15) is 0 Å². The molecule has 0 aliphatic heterocycles. The molecule has 3 aromatic rings. The molecule has 0 bridgehead atoms. The summed E-state index contributed by atoms with van der Waals surface area (Å²) in [5.74, 6) is 0.610. The molecule has 0 saturated heterocycles. The lowest BCUT2D eigenvalue weighted by atomic mass is 10.1. The monoisotopic (exact) mass is 417 g/mol. The van der Waals surface area contributed by atoms with E-state index in [-0.39, 0.29) is 11.4 Å².